The first-order valence-corrected chi connectivity index (χ1v) is 13.7. The highest BCUT2D eigenvalue weighted by atomic mass is 35.5. The van der Waals surface area contributed by atoms with Crippen LogP contribution < -0.4 is 0 Å². The molecule has 38 heavy (non-hydrogen) atoms. The smallest absolute Gasteiger partial charge is 0.217 e. The molecule has 0 aliphatic rings. The Morgan fingerprint density at radius 3 is 1.68 bits per heavy atom. The second-order valence-electron chi connectivity index (χ2n) is 9.55. The molecule has 0 radical (unpaired) electrons. The molecule has 4 heteroatoms. The zero-order valence-electron chi connectivity index (χ0n) is 20.2. The highest BCUT2D eigenvalue weighted by molar-refractivity contribution is 7.25. The van der Waals surface area contributed by atoms with E-state index >= 15 is 0 Å². The Balaban J connectivity index is 1.29. The minimum Gasteiger partial charge on any atom is -0.217 e. The lowest BCUT2D eigenvalue weighted by atomic mass is 9.92. The Hall–Kier alpha value is -4.31. The Kier molecular flexibility index (Phi) is 4.78. The van der Waals surface area contributed by atoms with Gasteiger partial charge in [-0.15, -0.1) is 11.3 Å². The van der Waals surface area contributed by atoms with Crippen LogP contribution in [-0.4, -0.2) is 9.97 Å². The van der Waals surface area contributed by atoms with E-state index in [0.29, 0.717) is 0 Å². The van der Waals surface area contributed by atoms with Crippen molar-refractivity contribution in [2.45, 2.75) is 0 Å². The molecule has 0 spiro atoms. The van der Waals surface area contributed by atoms with Crippen molar-refractivity contribution in [3.8, 4) is 22.4 Å². The maximum Gasteiger partial charge on any atom is 0.224 e. The van der Waals surface area contributed by atoms with Gasteiger partial charge >= 0.3 is 0 Å². The van der Waals surface area contributed by atoms with E-state index in [0.717, 1.165) is 26.9 Å². The second kappa shape index (κ2) is 8.35. The third-order valence-electron chi connectivity index (χ3n) is 7.45. The molecule has 2 heterocycles. The SMILES string of the molecule is Clc1nc(-c2ccc(-c3ccc4c5ccccc5c5ccccc5c4c3)cc2)c2c(n1)sc1ccccc12. The Morgan fingerprint density at radius 1 is 0.474 bits per heavy atom. The van der Waals surface area contributed by atoms with Gasteiger partial charge in [-0.3, -0.25) is 0 Å². The van der Waals surface area contributed by atoms with E-state index in [1.165, 1.54) is 48.1 Å². The van der Waals surface area contributed by atoms with Crippen molar-refractivity contribution in [1.29, 1.82) is 0 Å². The van der Waals surface area contributed by atoms with Gasteiger partial charge in [0.15, 0.2) is 0 Å². The van der Waals surface area contributed by atoms with E-state index < -0.39 is 0 Å². The van der Waals surface area contributed by atoms with Gasteiger partial charge in [-0.1, -0.05) is 103 Å². The zero-order valence-corrected chi connectivity index (χ0v) is 21.7. The van der Waals surface area contributed by atoms with Crippen LogP contribution in [0.25, 0.3) is 75.0 Å². The molecule has 2 aromatic heterocycles. The molecule has 0 fully saturated rings. The highest BCUT2D eigenvalue weighted by Crippen LogP contribution is 2.40. The molecule has 0 unspecified atom stereocenters. The topological polar surface area (TPSA) is 25.8 Å². The van der Waals surface area contributed by atoms with Gasteiger partial charge in [0, 0.05) is 21.0 Å². The maximum atomic E-state index is 6.36. The quantitative estimate of drug-likeness (QED) is 0.167. The third kappa shape index (κ3) is 3.26. The lowest BCUT2D eigenvalue weighted by molar-refractivity contribution is 1.24. The van der Waals surface area contributed by atoms with Crippen molar-refractivity contribution in [2.75, 3.05) is 0 Å². The van der Waals surface area contributed by atoms with E-state index in [2.05, 4.69) is 125 Å². The summed E-state index contributed by atoms with van der Waals surface area (Å²) in [6.07, 6.45) is 0. The van der Waals surface area contributed by atoms with Crippen molar-refractivity contribution in [1.82, 2.24) is 9.97 Å². The summed E-state index contributed by atoms with van der Waals surface area (Å²) in [5.41, 5.74) is 4.26. The van der Waals surface area contributed by atoms with Crippen molar-refractivity contribution in [3.63, 3.8) is 0 Å². The van der Waals surface area contributed by atoms with Crippen LogP contribution in [0.3, 0.4) is 0 Å². The molecule has 8 rings (SSSR count). The van der Waals surface area contributed by atoms with Gasteiger partial charge in [-0.05, 0) is 67.2 Å². The lowest BCUT2D eigenvalue weighted by Gasteiger charge is -2.12. The van der Waals surface area contributed by atoms with Gasteiger partial charge in [-0.25, -0.2) is 9.97 Å². The van der Waals surface area contributed by atoms with E-state index in [1.54, 1.807) is 11.3 Å². The molecule has 0 aliphatic heterocycles. The number of aromatic nitrogens is 2. The molecule has 0 saturated heterocycles. The fraction of sp³-hybridized carbons (Fsp3) is 0. The highest BCUT2D eigenvalue weighted by Gasteiger charge is 2.15. The number of nitrogens with zero attached hydrogens (tertiary/aromatic N) is 2. The van der Waals surface area contributed by atoms with Crippen LogP contribution in [0, 0.1) is 0 Å². The summed E-state index contributed by atoms with van der Waals surface area (Å²) in [4.78, 5) is 10.1. The number of benzene rings is 6. The fourth-order valence-corrected chi connectivity index (χ4v) is 7.01. The average molecular weight is 523 g/mol. The lowest BCUT2D eigenvalue weighted by Crippen LogP contribution is -1.89. The van der Waals surface area contributed by atoms with Gasteiger partial charge in [0.1, 0.15) is 4.83 Å². The van der Waals surface area contributed by atoms with Crippen LogP contribution in [-0.2, 0) is 0 Å². The van der Waals surface area contributed by atoms with Crippen LogP contribution >= 0.6 is 22.9 Å². The molecule has 178 valence electrons. The van der Waals surface area contributed by atoms with Crippen LogP contribution in [0.2, 0.25) is 5.28 Å². The largest absolute Gasteiger partial charge is 0.224 e. The summed E-state index contributed by atoms with van der Waals surface area (Å²) in [5.74, 6) is 0. The van der Waals surface area contributed by atoms with Gasteiger partial charge in [-0.2, -0.15) is 0 Å². The number of hydrogen-bond donors (Lipinski definition) is 0. The molecular formula is C34H19ClN2S. The maximum absolute atomic E-state index is 6.36. The molecular weight excluding hydrogens is 504 g/mol. The van der Waals surface area contributed by atoms with Crippen LogP contribution in [0.4, 0.5) is 0 Å². The first-order valence-electron chi connectivity index (χ1n) is 12.5. The first-order chi connectivity index (χ1) is 18.7. The second-order valence-corrected chi connectivity index (χ2v) is 10.9. The van der Waals surface area contributed by atoms with Crippen molar-refractivity contribution in [3.05, 3.63) is 121 Å². The van der Waals surface area contributed by atoms with Gasteiger partial charge in [0.05, 0.1) is 5.69 Å². The minimum atomic E-state index is 0.275. The Morgan fingerprint density at radius 2 is 1.00 bits per heavy atom. The predicted octanol–water partition coefficient (Wildman–Crippen LogP) is 10.3. The number of hydrogen-bond acceptors (Lipinski definition) is 3. The molecule has 8 aromatic rings. The van der Waals surface area contributed by atoms with Gasteiger partial charge < -0.3 is 0 Å². The molecule has 6 aromatic carbocycles. The normalized spacial score (nSPS) is 11.8. The van der Waals surface area contributed by atoms with Crippen LogP contribution in [0.1, 0.15) is 0 Å². The monoisotopic (exact) mass is 522 g/mol. The predicted molar refractivity (Wildman–Crippen MR) is 163 cm³/mol. The summed E-state index contributed by atoms with van der Waals surface area (Å²) in [7, 11) is 0. The summed E-state index contributed by atoms with van der Waals surface area (Å²) >= 11 is 8.01. The molecule has 0 aliphatic carbocycles. The Labute approximate surface area is 227 Å². The summed E-state index contributed by atoms with van der Waals surface area (Å²) < 4.78 is 1.19. The number of thiophene rings is 1. The fourth-order valence-electron chi connectivity index (χ4n) is 5.71. The van der Waals surface area contributed by atoms with E-state index in [4.69, 9.17) is 11.6 Å². The van der Waals surface area contributed by atoms with Crippen LogP contribution in [0.5, 0.6) is 0 Å². The summed E-state index contributed by atoms with van der Waals surface area (Å²) in [6, 6.07) is 41.2. The van der Waals surface area contributed by atoms with Crippen molar-refractivity contribution in [2.24, 2.45) is 0 Å². The number of rotatable bonds is 2. The average Bonchev–Trinajstić information content (AvgIpc) is 3.35. The molecule has 0 bridgehead atoms. The first kappa shape index (κ1) is 21.7. The van der Waals surface area contributed by atoms with Crippen molar-refractivity contribution < 1.29 is 0 Å². The van der Waals surface area contributed by atoms with Gasteiger partial charge in [0.2, 0.25) is 5.28 Å². The number of fused-ring (bicyclic) bond motifs is 9. The van der Waals surface area contributed by atoms with E-state index in [-0.39, 0.29) is 5.28 Å². The van der Waals surface area contributed by atoms with Crippen LogP contribution in [0.15, 0.2) is 115 Å². The molecule has 0 N–H and O–H groups in total. The zero-order chi connectivity index (χ0) is 25.2. The van der Waals surface area contributed by atoms with E-state index in [1.807, 2.05) is 0 Å². The molecule has 0 saturated carbocycles. The Bertz CT molecular complexity index is 2160. The standard InChI is InChI=1S/C34H19ClN2S/c35-34-36-32(31-28-11-5-6-12-30(28)38-33(31)37-34)21-15-13-20(14-16-21)22-17-18-27-25-9-2-1-7-23(25)24-8-3-4-10-26(24)29(27)19-22/h1-19H. The summed E-state index contributed by atoms with van der Waals surface area (Å²) in [5, 5.41) is 10.2. The van der Waals surface area contributed by atoms with Crippen molar-refractivity contribution >= 4 is 75.6 Å². The van der Waals surface area contributed by atoms with Gasteiger partial charge in [0.25, 0.3) is 0 Å². The minimum absolute atomic E-state index is 0.275. The molecule has 0 amide bonds. The third-order valence-corrected chi connectivity index (χ3v) is 8.68. The molecule has 0 atom stereocenters. The number of halogens is 1. The van der Waals surface area contributed by atoms with E-state index in [9.17, 15) is 0 Å². The molecule has 2 nitrogen and oxygen atoms in total. The summed E-state index contributed by atoms with van der Waals surface area (Å²) in [6.45, 7) is 0.